The van der Waals surface area contributed by atoms with Crippen LogP contribution in [0.2, 0.25) is 0 Å². The van der Waals surface area contributed by atoms with Crippen molar-refractivity contribution in [1.82, 2.24) is 9.47 Å². The van der Waals surface area contributed by atoms with Crippen LogP contribution < -0.4 is 5.32 Å². The maximum Gasteiger partial charge on any atom is 0.325 e. The second-order valence-corrected chi connectivity index (χ2v) is 10.1. The van der Waals surface area contributed by atoms with E-state index in [0.29, 0.717) is 42.5 Å². The van der Waals surface area contributed by atoms with Crippen molar-refractivity contribution in [2.45, 2.75) is 45.7 Å². The number of hydrogen-bond acceptors (Lipinski definition) is 5. The van der Waals surface area contributed by atoms with E-state index in [0.717, 1.165) is 11.1 Å². The van der Waals surface area contributed by atoms with Gasteiger partial charge < -0.3 is 19.5 Å². The molecule has 5 rings (SSSR count). The van der Waals surface area contributed by atoms with Crippen LogP contribution in [-0.2, 0) is 38.6 Å². The van der Waals surface area contributed by atoms with Crippen molar-refractivity contribution >= 4 is 40.2 Å². The zero-order valence-electron chi connectivity index (χ0n) is 23.3. The third kappa shape index (κ3) is 5.91. The Labute approximate surface area is 238 Å². The lowest BCUT2D eigenvalue weighted by molar-refractivity contribution is -0.143. The van der Waals surface area contributed by atoms with Crippen LogP contribution in [0.1, 0.15) is 53.2 Å². The van der Waals surface area contributed by atoms with Gasteiger partial charge in [-0.1, -0.05) is 61.5 Å². The summed E-state index contributed by atoms with van der Waals surface area (Å²) in [6, 6.07) is 22.6. The molecule has 2 heterocycles. The normalized spacial score (nSPS) is 13.4. The largest absolute Gasteiger partial charge is 0.465 e. The second-order valence-electron chi connectivity index (χ2n) is 10.1. The highest BCUT2D eigenvalue weighted by Gasteiger charge is 2.29. The van der Waals surface area contributed by atoms with Crippen LogP contribution in [0, 0.1) is 0 Å². The van der Waals surface area contributed by atoms with E-state index in [1.165, 1.54) is 11.8 Å². The zero-order chi connectivity index (χ0) is 28.9. The molecule has 0 spiro atoms. The van der Waals surface area contributed by atoms with Crippen LogP contribution in [0.5, 0.6) is 0 Å². The van der Waals surface area contributed by atoms with Gasteiger partial charge in [0.25, 0.3) is 11.7 Å². The van der Waals surface area contributed by atoms with E-state index in [4.69, 9.17) is 4.74 Å². The minimum Gasteiger partial charge on any atom is -0.465 e. The van der Waals surface area contributed by atoms with Gasteiger partial charge in [0.15, 0.2) is 0 Å². The van der Waals surface area contributed by atoms with Gasteiger partial charge >= 0.3 is 5.97 Å². The third-order valence-corrected chi connectivity index (χ3v) is 7.54. The molecule has 1 N–H and O–H groups in total. The molecule has 2 amide bonds. The van der Waals surface area contributed by atoms with E-state index < -0.39 is 17.7 Å². The summed E-state index contributed by atoms with van der Waals surface area (Å²) in [4.78, 5) is 54.2. The van der Waals surface area contributed by atoms with E-state index in [1.54, 1.807) is 34.6 Å². The molecule has 41 heavy (non-hydrogen) atoms. The summed E-state index contributed by atoms with van der Waals surface area (Å²) in [5.74, 6) is -2.21. The van der Waals surface area contributed by atoms with Crippen LogP contribution >= 0.6 is 0 Å². The molecule has 3 aromatic carbocycles. The second kappa shape index (κ2) is 12.2. The van der Waals surface area contributed by atoms with Gasteiger partial charge in [-0.15, -0.1) is 0 Å². The van der Waals surface area contributed by atoms with Gasteiger partial charge in [-0.05, 0) is 54.7 Å². The Kier molecular flexibility index (Phi) is 8.29. The first-order valence-corrected chi connectivity index (χ1v) is 13.9. The summed E-state index contributed by atoms with van der Waals surface area (Å²) < 4.78 is 6.74. The van der Waals surface area contributed by atoms with Crippen molar-refractivity contribution in [3.63, 3.8) is 0 Å². The lowest BCUT2D eigenvalue weighted by Crippen LogP contribution is -2.40. The van der Waals surface area contributed by atoms with E-state index in [1.807, 2.05) is 61.5 Å². The number of Topliss-reactive ketones (excluding diaryl/α,β-unsaturated/α-hetero) is 1. The number of aromatic nitrogens is 1. The van der Waals surface area contributed by atoms with Gasteiger partial charge in [0.05, 0.1) is 18.1 Å². The number of anilines is 1. The molecule has 1 atom stereocenters. The first kappa shape index (κ1) is 27.8. The number of fused-ring (bicyclic) bond motifs is 2. The van der Waals surface area contributed by atoms with E-state index >= 15 is 0 Å². The number of hydrogen-bond donors (Lipinski definition) is 1. The molecule has 8 nitrogen and oxygen atoms in total. The van der Waals surface area contributed by atoms with Gasteiger partial charge in [-0.3, -0.25) is 19.2 Å². The van der Waals surface area contributed by atoms with Crippen LogP contribution in [-0.4, -0.2) is 46.2 Å². The Morgan fingerprint density at radius 1 is 0.927 bits per heavy atom. The molecule has 4 aromatic rings. The number of nitrogens with one attached hydrogen (secondary N) is 1. The van der Waals surface area contributed by atoms with E-state index in [-0.39, 0.29) is 30.5 Å². The molecule has 1 unspecified atom stereocenters. The average molecular weight is 552 g/mol. The Morgan fingerprint density at radius 2 is 1.66 bits per heavy atom. The van der Waals surface area contributed by atoms with Crippen LogP contribution in [0.4, 0.5) is 5.69 Å². The third-order valence-electron chi connectivity index (χ3n) is 7.54. The highest BCUT2D eigenvalue weighted by molar-refractivity contribution is 6.45. The Balaban J connectivity index is 1.46. The maximum absolute atomic E-state index is 13.7. The smallest absolute Gasteiger partial charge is 0.325 e. The molecule has 0 aliphatic carbocycles. The molecular formula is C33H33N3O5. The minimum atomic E-state index is -0.656. The van der Waals surface area contributed by atoms with E-state index in [2.05, 4.69) is 5.32 Å². The topological polar surface area (TPSA) is 97.7 Å². The summed E-state index contributed by atoms with van der Waals surface area (Å²) >= 11 is 0. The summed E-state index contributed by atoms with van der Waals surface area (Å²) in [7, 11) is 0. The molecule has 1 aliphatic rings. The summed E-state index contributed by atoms with van der Waals surface area (Å²) in [5, 5.41) is 3.46. The summed E-state index contributed by atoms with van der Waals surface area (Å²) in [6.07, 6.45) is 2.82. The van der Waals surface area contributed by atoms with Crippen molar-refractivity contribution in [1.29, 1.82) is 0 Å². The number of nitrogens with zero attached hydrogens (tertiary/aromatic N) is 2. The van der Waals surface area contributed by atoms with Crippen molar-refractivity contribution in [3.05, 3.63) is 101 Å². The lowest BCUT2D eigenvalue weighted by Gasteiger charge is -2.28. The molecule has 8 heteroatoms. The predicted molar refractivity (Wildman–Crippen MR) is 157 cm³/mol. The quantitative estimate of drug-likeness (QED) is 0.177. The van der Waals surface area contributed by atoms with Gasteiger partial charge in [-0.25, -0.2) is 0 Å². The van der Waals surface area contributed by atoms with Crippen molar-refractivity contribution in [2.24, 2.45) is 0 Å². The number of esters is 1. The fourth-order valence-electron chi connectivity index (χ4n) is 5.45. The fraction of sp³-hybridized carbons (Fsp3) is 0.273. The van der Waals surface area contributed by atoms with Gasteiger partial charge in [0.2, 0.25) is 5.91 Å². The van der Waals surface area contributed by atoms with Crippen LogP contribution in [0.25, 0.3) is 10.9 Å². The minimum absolute atomic E-state index is 0.111. The number of carbonyl (C=O) groups is 4. The number of amides is 2. The average Bonchev–Trinajstić information content (AvgIpc) is 3.34. The molecule has 0 saturated carbocycles. The zero-order valence-corrected chi connectivity index (χ0v) is 23.3. The number of ether oxygens (including phenoxy) is 1. The standard InChI is InChI=1S/C33H33N3O5/c1-3-26(23-11-6-5-7-12-23)32(39)34-25-14-15-29-27(18-25)28(20-36(29)21-30(37)41-4-2)31(38)33(40)35-17-16-22-10-8-9-13-24(22)19-35/h5-15,18,20,26H,3-4,16-17,19,21H2,1-2H3,(H,34,39). The summed E-state index contributed by atoms with van der Waals surface area (Å²) in [6.45, 7) is 4.61. The van der Waals surface area contributed by atoms with Gasteiger partial charge in [0.1, 0.15) is 6.54 Å². The number of rotatable bonds is 9. The van der Waals surface area contributed by atoms with Crippen molar-refractivity contribution in [2.75, 3.05) is 18.5 Å². The van der Waals surface area contributed by atoms with Crippen LogP contribution in [0.3, 0.4) is 0 Å². The molecule has 0 bridgehead atoms. The Hall–Kier alpha value is -4.72. The van der Waals surface area contributed by atoms with Crippen molar-refractivity contribution < 1.29 is 23.9 Å². The highest BCUT2D eigenvalue weighted by Crippen LogP contribution is 2.29. The maximum atomic E-state index is 13.7. The van der Waals surface area contributed by atoms with Gasteiger partial charge in [0, 0.05) is 35.9 Å². The highest BCUT2D eigenvalue weighted by atomic mass is 16.5. The Morgan fingerprint density at radius 3 is 2.39 bits per heavy atom. The van der Waals surface area contributed by atoms with Gasteiger partial charge in [-0.2, -0.15) is 0 Å². The number of carbonyl (C=O) groups excluding carboxylic acids is 4. The molecule has 1 aliphatic heterocycles. The fourth-order valence-corrected chi connectivity index (χ4v) is 5.45. The SMILES string of the molecule is CCOC(=O)Cn1cc(C(=O)C(=O)N2CCc3ccccc3C2)c2cc(NC(=O)C(CC)c3ccccc3)ccc21. The first-order chi connectivity index (χ1) is 19.9. The number of ketones is 1. The van der Waals surface area contributed by atoms with Crippen molar-refractivity contribution in [3.8, 4) is 0 Å². The van der Waals surface area contributed by atoms with Crippen LogP contribution in [0.15, 0.2) is 79.0 Å². The number of benzene rings is 3. The molecule has 210 valence electrons. The predicted octanol–water partition coefficient (Wildman–Crippen LogP) is 5.10. The molecule has 0 radical (unpaired) electrons. The summed E-state index contributed by atoms with van der Waals surface area (Å²) in [5.41, 5.74) is 4.39. The Bertz CT molecular complexity index is 1610. The van der Waals surface area contributed by atoms with E-state index in [9.17, 15) is 19.2 Å². The monoisotopic (exact) mass is 551 g/mol. The molecule has 0 fully saturated rings. The molecule has 0 saturated heterocycles. The molecular weight excluding hydrogens is 518 g/mol. The first-order valence-electron chi connectivity index (χ1n) is 13.9. The molecule has 1 aromatic heterocycles. The lowest BCUT2D eigenvalue weighted by atomic mass is 9.95.